The molecular formula is C15H18N4+2. The van der Waals surface area contributed by atoms with Gasteiger partial charge in [0.05, 0.1) is 7.05 Å². The molecule has 0 aliphatic heterocycles. The molecule has 3 aromatic rings. The second-order valence-corrected chi connectivity index (χ2v) is 4.71. The topological polar surface area (TPSA) is 17.6 Å². The van der Waals surface area contributed by atoms with Gasteiger partial charge in [0.1, 0.15) is 43.6 Å². The Hall–Kier alpha value is -2.36. The third kappa shape index (κ3) is 2.73. The van der Waals surface area contributed by atoms with Crippen LogP contribution in [0.4, 0.5) is 0 Å². The Morgan fingerprint density at radius 1 is 1.00 bits per heavy atom. The molecule has 0 bridgehead atoms. The molecule has 4 heteroatoms. The second kappa shape index (κ2) is 5.10. The highest BCUT2D eigenvalue weighted by atomic mass is 15.1. The monoisotopic (exact) mass is 254 g/mol. The number of benzene rings is 1. The predicted octanol–water partition coefficient (Wildman–Crippen LogP) is 1.09. The van der Waals surface area contributed by atoms with E-state index in [2.05, 4.69) is 80.0 Å². The van der Waals surface area contributed by atoms with E-state index in [-0.39, 0.29) is 0 Å². The van der Waals surface area contributed by atoms with Crippen LogP contribution in [0, 0.1) is 0 Å². The minimum atomic E-state index is 0.967. The van der Waals surface area contributed by atoms with Gasteiger partial charge in [0, 0.05) is 0 Å². The molecule has 1 aromatic carbocycles. The Bertz CT molecular complexity index is 652. The normalized spacial score (nSPS) is 10.8. The molecule has 0 radical (unpaired) electrons. The number of aromatic nitrogens is 4. The Labute approximate surface area is 112 Å². The lowest BCUT2D eigenvalue weighted by atomic mass is 10.3. The van der Waals surface area contributed by atoms with Crippen molar-refractivity contribution >= 4 is 0 Å². The van der Waals surface area contributed by atoms with E-state index in [1.54, 1.807) is 0 Å². The lowest BCUT2D eigenvalue weighted by molar-refractivity contribution is -0.698. The summed E-state index contributed by atoms with van der Waals surface area (Å²) in [6, 6.07) is 10.4. The van der Waals surface area contributed by atoms with Crippen LogP contribution in [0.25, 0.3) is 5.69 Å². The van der Waals surface area contributed by atoms with Crippen LogP contribution in [0.1, 0.15) is 0 Å². The Morgan fingerprint density at radius 2 is 1.84 bits per heavy atom. The molecule has 0 amide bonds. The van der Waals surface area contributed by atoms with Crippen molar-refractivity contribution in [1.29, 1.82) is 0 Å². The van der Waals surface area contributed by atoms with Crippen molar-refractivity contribution in [3.63, 3.8) is 0 Å². The minimum absolute atomic E-state index is 0.967. The molecule has 0 atom stereocenters. The van der Waals surface area contributed by atoms with Gasteiger partial charge in [-0.05, 0) is 12.1 Å². The molecule has 2 heterocycles. The highest BCUT2D eigenvalue weighted by Crippen LogP contribution is 2.04. The smallest absolute Gasteiger partial charge is 0.240 e. The van der Waals surface area contributed by atoms with Crippen molar-refractivity contribution in [3.8, 4) is 5.69 Å². The van der Waals surface area contributed by atoms with Crippen molar-refractivity contribution in [2.24, 2.45) is 7.05 Å². The molecule has 0 aliphatic carbocycles. The summed E-state index contributed by atoms with van der Waals surface area (Å²) in [5, 5.41) is 0. The zero-order chi connectivity index (χ0) is 13.1. The fraction of sp³-hybridized carbons (Fsp3) is 0.200. The Morgan fingerprint density at radius 3 is 2.58 bits per heavy atom. The van der Waals surface area contributed by atoms with Crippen LogP contribution in [-0.2, 0) is 20.1 Å². The molecule has 0 aliphatic rings. The van der Waals surface area contributed by atoms with E-state index in [1.165, 1.54) is 5.69 Å². The van der Waals surface area contributed by atoms with Crippen LogP contribution in [0.15, 0.2) is 67.8 Å². The van der Waals surface area contributed by atoms with E-state index in [0.717, 1.165) is 13.1 Å². The molecule has 0 unspecified atom stereocenters. The number of imidazole rings is 2. The first kappa shape index (κ1) is 11.7. The Kier molecular flexibility index (Phi) is 3.14. The third-order valence-electron chi connectivity index (χ3n) is 3.19. The molecular weight excluding hydrogens is 236 g/mol. The highest BCUT2D eigenvalue weighted by Gasteiger charge is 2.07. The number of rotatable bonds is 4. The van der Waals surface area contributed by atoms with Gasteiger partial charge in [0.2, 0.25) is 12.7 Å². The molecule has 4 nitrogen and oxygen atoms in total. The molecule has 19 heavy (non-hydrogen) atoms. The highest BCUT2D eigenvalue weighted by molar-refractivity contribution is 5.30. The number of nitrogens with zero attached hydrogens (tertiary/aromatic N) is 4. The molecule has 3 rings (SSSR count). The zero-order valence-corrected chi connectivity index (χ0v) is 11.1. The van der Waals surface area contributed by atoms with Crippen LogP contribution >= 0.6 is 0 Å². The predicted molar refractivity (Wildman–Crippen MR) is 71.6 cm³/mol. The summed E-state index contributed by atoms with van der Waals surface area (Å²) < 4.78 is 8.58. The maximum absolute atomic E-state index is 2.20. The maximum atomic E-state index is 2.20. The van der Waals surface area contributed by atoms with Crippen LogP contribution in [0.5, 0.6) is 0 Å². The van der Waals surface area contributed by atoms with E-state index < -0.39 is 0 Å². The first-order valence-electron chi connectivity index (χ1n) is 6.45. The van der Waals surface area contributed by atoms with Crippen molar-refractivity contribution in [2.75, 3.05) is 0 Å². The van der Waals surface area contributed by atoms with Gasteiger partial charge in [-0.1, -0.05) is 18.2 Å². The van der Waals surface area contributed by atoms with Gasteiger partial charge in [-0.25, -0.2) is 18.3 Å². The van der Waals surface area contributed by atoms with Gasteiger partial charge in [-0.3, -0.25) is 0 Å². The Balaban J connectivity index is 1.68. The van der Waals surface area contributed by atoms with Crippen molar-refractivity contribution in [1.82, 2.24) is 9.13 Å². The summed E-state index contributed by atoms with van der Waals surface area (Å²) in [7, 11) is 2.04. The van der Waals surface area contributed by atoms with Gasteiger partial charge >= 0.3 is 0 Å². The van der Waals surface area contributed by atoms with Crippen LogP contribution in [0.2, 0.25) is 0 Å². The van der Waals surface area contributed by atoms with Crippen LogP contribution in [0.3, 0.4) is 0 Å². The van der Waals surface area contributed by atoms with Crippen LogP contribution in [-0.4, -0.2) is 9.13 Å². The number of hydrogen-bond donors (Lipinski definition) is 0. The molecule has 96 valence electrons. The van der Waals surface area contributed by atoms with E-state index in [9.17, 15) is 0 Å². The van der Waals surface area contributed by atoms with Gasteiger partial charge in [0.25, 0.3) is 0 Å². The number of aryl methyl sites for hydroxylation is 3. The quantitative estimate of drug-likeness (QED) is 0.620. The third-order valence-corrected chi connectivity index (χ3v) is 3.19. The lowest BCUT2D eigenvalue weighted by Crippen LogP contribution is -2.33. The summed E-state index contributed by atoms with van der Waals surface area (Å²) in [6.45, 7) is 1.94. The van der Waals surface area contributed by atoms with Gasteiger partial charge < -0.3 is 0 Å². The fourth-order valence-corrected chi connectivity index (χ4v) is 2.14. The summed E-state index contributed by atoms with van der Waals surface area (Å²) in [4.78, 5) is 0. The summed E-state index contributed by atoms with van der Waals surface area (Å²) in [5.74, 6) is 0. The maximum Gasteiger partial charge on any atom is 0.249 e. The SMILES string of the molecule is C[n+]1ccn(CC[n+]2ccn(-c3ccccc3)c2)c1. The number of para-hydroxylation sites is 1. The molecule has 0 N–H and O–H groups in total. The average molecular weight is 254 g/mol. The molecule has 0 spiro atoms. The van der Waals surface area contributed by atoms with E-state index in [4.69, 9.17) is 0 Å². The van der Waals surface area contributed by atoms with E-state index >= 15 is 0 Å². The summed E-state index contributed by atoms with van der Waals surface area (Å²) >= 11 is 0. The molecule has 2 aromatic heterocycles. The number of hydrogen-bond acceptors (Lipinski definition) is 0. The minimum Gasteiger partial charge on any atom is -0.240 e. The molecule has 0 fully saturated rings. The largest absolute Gasteiger partial charge is 0.249 e. The zero-order valence-electron chi connectivity index (χ0n) is 11.1. The van der Waals surface area contributed by atoms with Gasteiger partial charge in [-0.2, -0.15) is 0 Å². The van der Waals surface area contributed by atoms with E-state index in [1.807, 2.05) is 13.1 Å². The van der Waals surface area contributed by atoms with Crippen molar-refractivity contribution < 1.29 is 9.13 Å². The first-order chi connectivity index (χ1) is 9.31. The molecule has 0 saturated carbocycles. The van der Waals surface area contributed by atoms with Crippen LogP contribution < -0.4 is 9.13 Å². The lowest BCUT2D eigenvalue weighted by Gasteiger charge is -1.95. The fourth-order valence-electron chi connectivity index (χ4n) is 2.14. The first-order valence-corrected chi connectivity index (χ1v) is 6.45. The standard InChI is InChI=1S/C15H18N4/c1-16-7-8-17(13-16)9-10-18-11-12-19(14-18)15-5-3-2-4-6-15/h2-8,11-14H,9-10H2,1H3/q+2. The van der Waals surface area contributed by atoms with Crippen molar-refractivity contribution in [2.45, 2.75) is 13.1 Å². The summed E-state index contributed by atoms with van der Waals surface area (Å²) in [5.41, 5.74) is 1.19. The molecule has 0 saturated heterocycles. The van der Waals surface area contributed by atoms with Gasteiger partial charge in [-0.15, -0.1) is 0 Å². The van der Waals surface area contributed by atoms with Gasteiger partial charge in [0.15, 0.2) is 0 Å². The second-order valence-electron chi connectivity index (χ2n) is 4.71. The summed E-state index contributed by atoms with van der Waals surface area (Å²) in [6.07, 6.45) is 12.6. The van der Waals surface area contributed by atoms with E-state index in [0.29, 0.717) is 0 Å². The van der Waals surface area contributed by atoms with Crippen molar-refractivity contribution in [3.05, 3.63) is 67.8 Å². The average Bonchev–Trinajstić information content (AvgIpc) is 3.06.